The van der Waals surface area contributed by atoms with Crippen LogP contribution >= 0.6 is 23.4 Å². The summed E-state index contributed by atoms with van der Waals surface area (Å²) in [7, 11) is 1.64. The van der Waals surface area contributed by atoms with Gasteiger partial charge in [0.15, 0.2) is 0 Å². The molecule has 0 bridgehead atoms. The van der Waals surface area contributed by atoms with Gasteiger partial charge < -0.3 is 10.1 Å². The molecule has 0 saturated heterocycles. The number of ether oxygens (including phenoxy) is 1. The zero-order valence-electron chi connectivity index (χ0n) is 14.6. The highest BCUT2D eigenvalue weighted by molar-refractivity contribution is 7.99. The molecule has 26 heavy (non-hydrogen) atoms. The van der Waals surface area contributed by atoms with Gasteiger partial charge in [-0.3, -0.25) is 4.79 Å². The predicted molar refractivity (Wildman–Crippen MR) is 108 cm³/mol. The van der Waals surface area contributed by atoms with Crippen LogP contribution in [0.5, 0.6) is 5.75 Å². The van der Waals surface area contributed by atoms with Crippen LogP contribution in [0.2, 0.25) is 5.02 Å². The van der Waals surface area contributed by atoms with E-state index in [4.69, 9.17) is 16.3 Å². The van der Waals surface area contributed by atoms with E-state index in [-0.39, 0.29) is 5.91 Å². The van der Waals surface area contributed by atoms with Crippen molar-refractivity contribution in [3.8, 4) is 5.75 Å². The molecule has 1 amide bonds. The van der Waals surface area contributed by atoms with Gasteiger partial charge in [0.05, 0.1) is 22.8 Å². The third-order valence-corrected chi connectivity index (χ3v) is 5.18. The number of hydrogen-bond acceptors (Lipinski definition) is 4. The second-order valence-corrected chi connectivity index (χ2v) is 7.28. The van der Waals surface area contributed by atoms with Crippen molar-refractivity contribution >= 4 is 45.9 Å². The van der Waals surface area contributed by atoms with Crippen molar-refractivity contribution in [1.82, 2.24) is 4.98 Å². The molecule has 0 aliphatic carbocycles. The largest absolute Gasteiger partial charge is 0.494 e. The quantitative estimate of drug-likeness (QED) is 0.582. The fourth-order valence-corrected chi connectivity index (χ4v) is 3.72. The number of aromatic nitrogens is 1. The lowest BCUT2D eigenvalue weighted by Crippen LogP contribution is -2.12. The normalized spacial score (nSPS) is 10.7. The molecule has 134 valence electrons. The first-order valence-corrected chi connectivity index (χ1v) is 9.56. The van der Waals surface area contributed by atoms with Crippen LogP contribution in [0.4, 0.5) is 5.69 Å². The van der Waals surface area contributed by atoms with Gasteiger partial charge >= 0.3 is 0 Å². The van der Waals surface area contributed by atoms with E-state index in [0.29, 0.717) is 22.9 Å². The molecule has 1 heterocycles. The average molecular weight is 387 g/mol. The van der Waals surface area contributed by atoms with E-state index in [0.717, 1.165) is 27.2 Å². The van der Waals surface area contributed by atoms with E-state index < -0.39 is 0 Å². The van der Waals surface area contributed by atoms with Gasteiger partial charge in [-0.2, -0.15) is 0 Å². The second kappa shape index (κ2) is 8.43. The number of carbonyl (C=O) groups excluding carboxylic acids is 1. The average Bonchev–Trinajstić information content (AvgIpc) is 2.63. The molecule has 3 aromatic rings. The van der Waals surface area contributed by atoms with Crippen LogP contribution in [-0.4, -0.2) is 23.8 Å². The van der Waals surface area contributed by atoms with Gasteiger partial charge in [-0.05, 0) is 36.8 Å². The SMILES string of the molecule is COc1cccc2c(C)cc(SCCC(=O)Nc3ccccc3Cl)nc12. The monoisotopic (exact) mass is 386 g/mol. The molecule has 0 unspecified atom stereocenters. The van der Waals surface area contributed by atoms with Crippen LogP contribution in [0, 0.1) is 6.92 Å². The van der Waals surface area contributed by atoms with Gasteiger partial charge in [0.1, 0.15) is 11.3 Å². The Morgan fingerprint density at radius 2 is 2.04 bits per heavy atom. The number of halogens is 1. The number of pyridine rings is 1. The summed E-state index contributed by atoms with van der Waals surface area (Å²) < 4.78 is 5.41. The lowest BCUT2D eigenvalue weighted by Gasteiger charge is -2.10. The molecule has 0 radical (unpaired) electrons. The maximum Gasteiger partial charge on any atom is 0.225 e. The minimum Gasteiger partial charge on any atom is -0.494 e. The molecule has 1 aromatic heterocycles. The molecule has 0 aliphatic rings. The smallest absolute Gasteiger partial charge is 0.225 e. The van der Waals surface area contributed by atoms with Gasteiger partial charge in [-0.1, -0.05) is 35.9 Å². The van der Waals surface area contributed by atoms with Crippen molar-refractivity contribution in [3.63, 3.8) is 0 Å². The number of nitrogens with one attached hydrogen (secondary N) is 1. The summed E-state index contributed by atoms with van der Waals surface area (Å²) in [6, 6.07) is 15.1. The fraction of sp³-hybridized carbons (Fsp3) is 0.200. The van der Waals surface area contributed by atoms with Crippen molar-refractivity contribution in [1.29, 1.82) is 0 Å². The number of carbonyl (C=O) groups is 1. The lowest BCUT2D eigenvalue weighted by atomic mass is 10.1. The Kier molecular flexibility index (Phi) is 6.01. The number of nitrogens with zero attached hydrogens (tertiary/aromatic N) is 1. The maximum atomic E-state index is 12.1. The molecule has 1 N–H and O–H groups in total. The number of rotatable bonds is 6. The summed E-state index contributed by atoms with van der Waals surface area (Å²) in [6.07, 6.45) is 0.376. The molecule has 2 aromatic carbocycles. The van der Waals surface area contributed by atoms with Crippen LogP contribution in [0.25, 0.3) is 10.9 Å². The first kappa shape index (κ1) is 18.5. The van der Waals surface area contributed by atoms with E-state index in [1.54, 1.807) is 31.0 Å². The number of fused-ring (bicyclic) bond motifs is 1. The highest BCUT2D eigenvalue weighted by atomic mass is 35.5. The Balaban J connectivity index is 1.65. The number of thioether (sulfide) groups is 1. The molecule has 0 fully saturated rings. The number of hydrogen-bond donors (Lipinski definition) is 1. The molecule has 3 rings (SSSR count). The number of aryl methyl sites for hydroxylation is 1. The topological polar surface area (TPSA) is 51.2 Å². The van der Waals surface area contributed by atoms with E-state index in [1.807, 2.05) is 36.4 Å². The van der Waals surface area contributed by atoms with Crippen LogP contribution < -0.4 is 10.1 Å². The van der Waals surface area contributed by atoms with E-state index in [9.17, 15) is 4.79 Å². The van der Waals surface area contributed by atoms with Crippen LogP contribution in [0.3, 0.4) is 0 Å². The Hall–Kier alpha value is -2.24. The minimum atomic E-state index is -0.0688. The molecular formula is C20H19ClN2O2S. The summed E-state index contributed by atoms with van der Waals surface area (Å²) in [5.41, 5.74) is 2.61. The molecule has 4 nitrogen and oxygen atoms in total. The minimum absolute atomic E-state index is 0.0688. The molecule has 0 atom stereocenters. The van der Waals surface area contributed by atoms with E-state index in [1.165, 1.54) is 0 Å². The standard InChI is InChI=1S/C20H19ClN2O2S/c1-13-12-19(23-20-14(13)6-5-9-17(20)25-2)26-11-10-18(24)22-16-8-4-3-7-15(16)21/h3-9,12H,10-11H2,1-2H3,(H,22,24). The summed E-state index contributed by atoms with van der Waals surface area (Å²) >= 11 is 7.61. The molecular weight excluding hydrogens is 368 g/mol. The number of para-hydroxylation sites is 2. The van der Waals surface area contributed by atoms with Crippen LogP contribution in [-0.2, 0) is 4.79 Å². The molecule has 0 saturated carbocycles. The van der Waals surface area contributed by atoms with Crippen LogP contribution in [0.1, 0.15) is 12.0 Å². The highest BCUT2D eigenvalue weighted by Gasteiger charge is 2.09. The van der Waals surface area contributed by atoms with Crippen molar-refractivity contribution < 1.29 is 9.53 Å². The Bertz CT molecular complexity index is 946. The van der Waals surface area contributed by atoms with Crippen molar-refractivity contribution in [2.75, 3.05) is 18.2 Å². The fourth-order valence-electron chi connectivity index (χ4n) is 2.62. The molecule has 0 spiro atoms. The van der Waals surface area contributed by atoms with E-state index >= 15 is 0 Å². The molecule has 6 heteroatoms. The summed E-state index contributed by atoms with van der Waals surface area (Å²) in [5.74, 6) is 1.31. The lowest BCUT2D eigenvalue weighted by molar-refractivity contribution is -0.115. The second-order valence-electron chi connectivity index (χ2n) is 5.76. The first-order valence-electron chi connectivity index (χ1n) is 8.20. The predicted octanol–water partition coefficient (Wildman–Crippen LogP) is 5.33. The zero-order chi connectivity index (χ0) is 18.5. The van der Waals surface area contributed by atoms with Gasteiger partial charge in [0, 0.05) is 17.6 Å². The van der Waals surface area contributed by atoms with E-state index in [2.05, 4.69) is 17.2 Å². The summed E-state index contributed by atoms with van der Waals surface area (Å²) in [4.78, 5) is 16.8. The van der Waals surface area contributed by atoms with Gasteiger partial charge in [-0.15, -0.1) is 11.8 Å². The first-order chi connectivity index (χ1) is 12.6. The summed E-state index contributed by atoms with van der Waals surface area (Å²) in [5, 5.41) is 5.32. The highest BCUT2D eigenvalue weighted by Crippen LogP contribution is 2.30. The number of amides is 1. The van der Waals surface area contributed by atoms with Gasteiger partial charge in [0.25, 0.3) is 0 Å². The Morgan fingerprint density at radius 1 is 1.23 bits per heavy atom. The van der Waals surface area contributed by atoms with Gasteiger partial charge in [0.2, 0.25) is 5.91 Å². The maximum absolute atomic E-state index is 12.1. The third-order valence-electron chi connectivity index (χ3n) is 3.93. The zero-order valence-corrected chi connectivity index (χ0v) is 16.2. The number of benzene rings is 2. The van der Waals surface area contributed by atoms with Crippen molar-refractivity contribution in [2.24, 2.45) is 0 Å². The Morgan fingerprint density at radius 3 is 2.81 bits per heavy atom. The van der Waals surface area contributed by atoms with Crippen LogP contribution in [0.15, 0.2) is 53.6 Å². The Labute approximate surface area is 161 Å². The number of anilines is 1. The summed E-state index contributed by atoms with van der Waals surface area (Å²) in [6.45, 7) is 2.05. The van der Waals surface area contributed by atoms with Crippen molar-refractivity contribution in [3.05, 3.63) is 59.1 Å². The van der Waals surface area contributed by atoms with Crippen molar-refractivity contribution in [2.45, 2.75) is 18.4 Å². The number of methoxy groups -OCH3 is 1. The van der Waals surface area contributed by atoms with Gasteiger partial charge in [-0.25, -0.2) is 4.98 Å². The molecule has 0 aliphatic heterocycles. The third kappa shape index (κ3) is 4.29.